The predicted octanol–water partition coefficient (Wildman–Crippen LogP) is 1.52. The van der Waals surface area contributed by atoms with Crippen molar-refractivity contribution < 1.29 is 0 Å². The number of nitrogens with two attached hydrogens (primary N) is 2. The molecule has 0 aliphatic carbocycles. The van der Waals surface area contributed by atoms with Gasteiger partial charge in [0.05, 0.1) is 0 Å². The fourth-order valence-corrected chi connectivity index (χ4v) is 3.32. The van der Waals surface area contributed by atoms with Crippen molar-refractivity contribution in [2.24, 2.45) is 0 Å². The van der Waals surface area contributed by atoms with Crippen LogP contribution in [0, 0.1) is 0 Å². The Labute approximate surface area is 185 Å². The quantitative estimate of drug-likeness (QED) is 0.512. The minimum Gasteiger partial charge on any atom is -0.334 e. The highest BCUT2D eigenvalue weighted by molar-refractivity contribution is 7.99. The first kappa shape index (κ1) is 26.0. The molecule has 0 amide bonds. The minimum absolute atomic E-state index is 0.270. The topological polar surface area (TPSA) is 148 Å². The number of hydrogen-bond acceptors (Lipinski definition) is 10. The molecule has 0 aliphatic heterocycles. The monoisotopic (exact) mass is 456 g/mol. The van der Waals surface area contributed by atoms with Gasteiger partial charge >= 0.3 is 0 Å². The van der Waals surface area contributed by atoms with Crippen molar-refractivity contribution in [3.8, 4) is 0 Å². The van der Waals surface area contributed by atoms with Gasteiger partial charge in [0.1, 0.15) is 11.4 Å². The van der Waals surface area contributed by atoms with E-state index in [0.717, 1.165) is 20.9 Å². The van der Waals surface area contributed by atoms with E-state index in [1.54, 1.807) is 0 Å². The minimum atomic E-state index is -0.333. The van der Waals surface area contributed by atoms with Crippen molar-refractivity contribution in [2.75, 3.05) is 23.2 Å². The second-order valence-corrected chi connectivity index (χ2v) is 10.8. The molecule has 0 saturated carbocycles. The largest absolute Gasteiger partial charge is 0.334 e. The molecular weight excluding hydrogens is 424 g/mol. The Hall–Kier alpha value is -2.08. The smallest absolute Gasteiger partial charge is 0.295 e. The van der Waals surface area contributed by atoms with Gasteiger partial charge in [-0.15, -0.1) is 20.4 Å². The van der Waals surface area contributed by atoms with Crippen LogP contribution < -0.4 is 22.8 Å². The van der Waals surface area contributed by atoms with Gasteiger partial charge in [-0.1, -0.05) is 78.9 Å². The predicted molar refractivity (Wildman–Crippen MR) is 123 cm³/mol. The van der Waals surface area contributed by atoms with E-state index in [4.69, 9.17) is 11.7 Å². The molecule has 0 aliphatic rings. The summed E-state index contributed by atoms with van der Waals surface area (Å²) in [5, 5.41) is 16.7. The Morgan fingerprint density at radius 3 is 1.23 bits per heavy atom. The maximum atomic E-state index is 11.8. The first-order chi connectivity index (χ1) is 13.8. The SMILES string of the molecule is CCSc1nnc(C(C)(C)C)c(=O)n1N.CCSc1nnc(C(C)(C)C)c(=O)n1N. The van der Waals surface area contributed by atoms with E-state index in [9.17, 15) is 9.59 Å². The van der Waals surface area contributed by atoms with Crippen LogP contribution in [-0.4, -0.2) is 41.3 Å². The van der Waals surface area contributed by atoms with E-state index in [0.29, 0.717) is 21.7 Å². The van der Waals surface area contributed by atoms with E-state index >= 15 is 0 Å². The lowest BCUT2D eigenvalue weighted by Crippen LogP contribution is -2.37. The van der Waals surface area contributed by atoms with E-state index in [-0.39, 0.29) is 21.9 Å². The van der Waals surface area contributed by atoms with E-state index in [2.05, 4.69) is 20.4 Å². The third-order valence-electron chi connectivity index (χ3n) is 3.69. The molecule has 4 N–H and O–H groups in total. The number of hydrogen-bond donors (Lipinski definition) is 2. The van der Waals surface area contributed by atoms with Crippen LogP contribution in [0.4, 0.5) is 0 Å². The molecule has 2 rings (SSSR count). The average Bonchev–Trinajstić information content (AvgIpc) is 2.62. The van der Waals surface area contributed by atoms with Crippen LogP contribution in [0.1, 0.15) is 66.8 Å². The second kappa shape index (κ2) is 10.3. The molecule has 0 saturated heterocycles. The molecule has 0 aromatic carbocycles. The van der Waals surface area contributed by atoms with Gasteiger partial charge in [0.25, 0.3) is 11.1 Å². The number of rotatable bonds is 4. The van der Waals surface area contributed by atoms with Gasteiger partial charge in [-0.05, 0) is 11.5 Å². The molecule has 2 aromatic rings. The van der Waals surface area contributed by atoms with Crippen molar-refractivity contribution in [2.45, 2.75) is 76.5 Å². The first-order valence-electron chi connectivity index (χ1n) is 9.51. The van der Waals surface area contributed by atoms with Crippen molar-refractivity contribution in [1.82, 2.24) is 29.7 Å². The Kier molecular flexibility index (Phi) is 8.90. The summed E-state index contributed by atoms with van der Waals surface area (Å²) in [4.78, 5) is 23.7. The first-order valence-corrected chi connectivity index (χ1v) is 11.5. The number of nitrogens with zero attached hydrogens (tertiary/aromatic N) is 6. The van der Waals surface area contributed by atoms with Crippen LogP contribution in [0.15, 0.2) is 19.9 Å². The molecule has 2 aromatic heterocycles. The third-order valence-corrected chi connectivity index (χ3v) is 5.34. The highest BCUT2D eigenvalue weighted by atomic mass is 32.2. The summed E-state index contributed by atoms with van der Waals surface area (Å²) in [6.45, 7) is 15.4. The number of aromatic nitrogens is 6. The molecular formula is C18H32N8O2S2. The molecule has 10 nitrogen and oxygen atoms in total. The fourth-order valence-electron chi connectivity index (χ4n) is 2.17. The summed E-state index contributed by atoms with van der Waals surface area (Å²) in [7, 11) is 0. The van der Waals surface area contributed by atoms with Gasteiger partial charge in [0.15, 0.2) is 0 Å². The zero-order chi connectivity index (χ0) is 23.3. The van der Waals surface area contributed by atoms with Gasteiger partial charge in [-0.25, -0.2) is 0 Å². The Morgan fingerprint density at radius 1 is 0.700 bits per heavy atom. The van der Waals surface area contributed by atoms with Crippen LogP contribution >= 0.6 is 23.5 Å². The van der Waals surface area contributed by atoms with Gasteiger partial charge in [-0.3, -0.25) is 9.59 Å². The maximum Gasteiger partial charge on any atom is 0.295 e. The second-order valence-electron chi connectivity index (χ2n) is 8.38. The van der Waals surface area contributed by atoms with Crippen LogP contribution in [0.25, 0.3) is 0 Å². The zero-order valence-corrected chi connectivity index (χ0v) is 20.5. The number of nitrogen functional groups attached to an aromatic ring is 2. The van der Waals surface area contributed by atoms with Gasteiger partial charge < -0.3 is 11.7 Å². The normalized spacial score (nSPS) is 11.7. The molecule has 0 fully saturated rings. The van der Waals surface area contributed by atoms with Gasteiger partial charge in [0.2, 0.25) is 10.3 Å². The van der Waals surface area contributed by atoms with Gasteiger partial charge in [-0.2, -0.15) is 9.35 Å². The van der Waals surface area contributed by atoms with Crippen molar-refractivity contribution >= 4 is 23.5 Å². The molecule has 0 atom stereocenters. The number of thioether (sulfide) groups is 2. The average molecular weight is 457 g/mol. The lowest BCUT2D eigenvalue weighted by atomic mass is 9.93. The van der Waals surface area contributed by atoms with Crippen LogP contribution in [0.3, 0.4) is 0 Å². The van der Waals surface area contributed by atoms with Crippen LogP contribution in [0.2, 0.25) is 0 Å². The summed E-state index contributed by atoms with van der Waals surface area (Å²) in [5.41, 5.74) is -0.417. The highest BCUT2D eigenvalue weighted by Gasteiger charge is 2.23. The molecule has 168 valence electrons. The van der Waals surface area contributed by atoms with E-state index < -0.39 is 0 Å². The molecule has 0 radical (unpaired) electrons. The Balaban J connectivity index is 0.000000300. The molecule has 0 spiro atoms. The Morgan fingerprint density at radius 2 is 1.00 bits per heavy atom. The van der Waals surface area contributed by atoms with E-state index in [1.807, 2.05) is 55.4 Å². The maximum absolute atomic E-state index is 11.8. The summed E-state index contributed by atoms with van der Waals surface area (Å²) >= 11 is 2.80. The van der Waals surface area contributed by atoms with Gasteiger partial charge in [0, 0.05) is 10.8 Å². The van der Waals surface area contributed by atoms with Crippen LogP contribution in [-0.2, 0) is 10.8 Å². The van der Waals surface area contributed by atoms with Crippen molar-refractivity contribution in [3.63, 3.8) is 0 Å². The Bertz CT molecular complexity index is 895. The molecule has 30 heavy (non-hydrogen) atoms. The molecule has 12 heteroatoms. The third kappa shape index (κ3) is 6.46. The van der Waals surface area contributed by atoms with Crippen molar-refractivity contribution in [1.29, 1.82) is 0 Å². The lowest BCUT2D eigenvalue weighted by Gasteiger charge is -2.16. The summed E-state index contributed by atoms with van der Waals surface area (Å²) in [5.74, 6) is 12.9. The highest BCUT2D eigenvalue weighted by Crippen LogP contribution is 2.18. The van der Waals surface area contributed by atoms with E-state index in [1.165, 1.54) is 23.5 Å². The van der Waals surface area contributed by atoms with Crippen LogP contribution in [0.5, 0.6) is 0 Å². The molecule has 0 unspecified atom stereocenters. The lowest BCUT2D eigenvalue weighted by molar-refractivity contribution is 0.520. The summed E-state index contributed by atoms with van der Waals surface area (Å²) < 4.78 is 2.14. The molecule has 2 heterocycles. The summed E-state index contributed by atoms with van der Waals surface area (Å²) in [6.07, 6.45) is 0. The fraction of sp³-hybridized carbons (Fsp3) is 0.667. The van der Waals surface area contributed by atoms with Crippen molar-refractivity contribution in [3.05, 3.63) is 32.1 Å². The summed E-state index contributed by atoms with van der Waals surface area (Å²) in [6, 6.07) is 0. The molecule has 0 bridgehead atoms. The zero-order valence-electron chi connectivity index (χ0n) is 18.9. The standard InChI is InChI=1S/2C9H16N4OS/c2*1-5-15-8-12-11-6(9(2,3)4)7(14)13(8)10/h2*5,10H2,1-4H3.